The monoisotopic (exact) mass is 412 g/mol. The van der Waals surface area contributed by atoms with Crippen LogP contribution in [-0.4, -0.2) is 46.5 Å². The summed E-state index contributed by atoms with van der Waals surface area (Å²) in [6.45, 7) is 2.84. The largest absolute Gasteiger partial charge is 0.362 e. The van der Waals surface area contributed by atoms with E-state index in [1.807, 2.05) is 28.1 Å². The van der Waals surface area contributed by atoms with E-state index in [1.54, 1.807) is 12.1 Å². The summed E-state index contributed by atoms with van der Waals surface area (Å²) < 4.78 is 2.10. The lowest BCUT2D eigenvalue weighted by Gasteiger charge is -2.36. The van der Waals surface area contributed by atoms with E-state index in [2.05, 4.69) is 22.8 Å². The summed E-state index contributed by atoms with van der Waals surface area (Å²) in [6, 6.07) is 14.9. The first-order valence-electron chi connectivity index (χ1n) is 9.53. The average molecular weight is 413 g/mol. The molecular formula is C21H21ClN4O3. The maximum atomic E-state index is 12.7. The van der Waals surface area contributed by atoms with Gasteiger partial charge in [0.1, 0.15) is 5.69 Å². The summed E-state index contributed by atoms with van der Waals surface area (Å²) in [5.74, 6) is 0.105. The van der Waals surface area contributed by atoms with Crippen LogP contribution in [0.4, 0.5) is 11.4 Å². The van der Waals surface area contributed by atoms with Crippen molar-refractivity contribution in [2.75, 3.05) is 31.1 Å². The van der Waals surface area contributed by atoms with Crippen LogP contribution >= 0.6 is 11.6 Å². The highest BCUT2D eigenvalue weighted by Gasteiger charge is 2.25. The van der Waals surface area contributed by atoms with E-state index in [1.165, 1.54) is 6.07 Å². The molecule has 2 aromatic carbocycles. The van der Waals surface area contributed by atoms with E-state index in [4.69, 9.17) is 11.6 Å². The van der Waals surface area contributed by atoms with Crippen molar-refractivity contribution in [2.45, 2.75) is 13.0 Å². The molecule has 0 radical (unpaired) electrons. The Labute approximate surface area is 173 Å². The third-order valence-electron chi connectivity index (χ3n) is 5.35. The van der Waals surface area contributed by atoms with Crippen molar-refractivity contribution < 1.29 is 9.72 Å². The Hall–Kier alpha value is -3.06. The van der Waals surface area contributed by atoms with Crippen molar-refractivity contribution in [3.63, 3.8) is 0 Å². The zero-order valence-electron chi connectivity index (χ0n) is 15.8. The Balaban J connectivity index is 1.36. The van der Waals surface area contributed by atoms with Gasteiger partial charge in [-0.15, -0.1) is 0 Å². The van der Waals surface area contributed by atoms with Crippen molar-refractivity contribution in [1.29, 1.82) is 0 Å². The van der Waals surface area contributed by atoms with Crippen LogP contribution in [0, 0.1) is 10.1 Å². The van der Waals surface area contributed by atoms with E-state index in [9.17, 15) is 14.9 Å². The molecule has 1 fully saturated rings. The molecule has 1 saturated heterocycles. The number of nitrogens with zero attached hydrogens (tertiary/aromatic N) is 4. The molecule has 0 N–H and O–H groups in total. The fourth-order valence-electron chi connectivity index (χ4n) is 3.82. The number of rotatable bonds is 5. The van der Waals surface area contributed by atoms with E-state index in [-0.39, 0.29) is 11.6 Å². The molecule has 1 aliphatic heterocycles. The van der Waals surface area contributed by atoms with Gasteiger partial charge in [0.05, 0.1) is 4.92 Å². The lowest BCUT2D eigenvalue weighted by atomic mass is 10.2. The van der Waals surface area contributed by atoms with Crippen LogP contribution in [0.2, 0.25) is 5.02 Å². The van der Waals surface area contributed by atoms with Crippen LogP contribution < -0.4 is 4.90 Å². The van der Waals surface area contributed by atoms with Gasteiger partial charge >= 0.3 is 0 Å². The summed E-state index contributed by atoms with van der Waals surface area (Å²) in [7, 11) is 0. The average Bonchev–Trinajstić information content (AvgIpc) is 3.15. The molecule has 0 unspecified atom stereocenters. The number of halogens is 1. The second-order valence-electron chi connectivity index (χ2n) is 7.08. The number of carbonyl (C=O) groups is 1. The number of anilines is 1. The molecule has 0 bridgehead atoms. The summed E-state index contributed by atoms with van der Waals surface area (Å²) in [6.07, 6.45) is 2.44. The van der Waals surface area contributed by atoms with Gasteiger partial charge in [-0.1, -0.05) is 29.8 Å². The molecule has 1 amide bonds. The Bertz CT molecular complexity index is 1060. The maximum Gasteiger partial charge on any atom is 0.294 e. The molecular weight excluding hydrogens is 392 g/mol. The number of para-hydroxylation sites is 1. The van der Waals surface area contributed by atoms with Crippen LogP contribution in [0.15, 0.2) is 54.7 Å². The van der Waals surface area contributed by atoms with Crippen LogP contribution in [-0.2, 0) is 11.3 Å². The first kappa shape index (κ1) is 19.3. The van der Waals surface area contributed by atoms with Gasteiger partial charge in [-0.3, -0.25) is 14.9 Å². The van der Waals surface area contributed by atoms with Crippen molar-refractivity contribution in [3.05, 3.63) is 69.9 Å². The topological polar surface area (TPSA) is 71.6 Å². The lowest BCUT2D eigenvalue weighted by molar-refractivity contribution is -0.384. The molecule has 8 heteroatoms. The highest BCUT2D eigenvalue weighted by atomic mass is 35.5. The van der Waals surface area contributed by atoms with E-state index >= 15 is 0 Å². The van der Waals surface area contributed by atoms with Gasteiger partial charge in [0.2, 0.25) is 5.91 Å². The van der Waals surface area contributed by atoms with Gasteiger partial charge in [-0.25, -0.2) is 0 Å². The molecule has 1 aromatic heterocycles. The minimum absolute atomic E-state index is 0.00300. The summed E-state index contributed by atoms with van der Waals surface area (Å²) in [5.41, 5.74) is 1.67. The van der Waals surface area contributed by atoms with Crippen molar-refractivity contribution in [1.82, 2.24) is 9.47 Å². The Morgan fingerprint density at radius 1 is 1.07 bits per heavy atom. The molecule has 0 aliphatic carbocycles. The molecule has 0 atom stereocenters. The molecule has 150 valence electrons. The highest BCUT2D eigenvalue weighted by Crippen LogP contribution is 2.31. The van der Waals surface area contributed by atoms with E-state index in [0.29, 0.717) is 49.9 Å². The van der Waals surface area contributed by atoms with Gasteiger partial charge in [0.25, 0.3) is 5.69 Å². The second-order valence-corrected chi connectivity index (χ2v) is 7.51. The number of aromatic nitrogens is 1. The van der Waals surface area contributed by atoms with Crippen LogP contribution in [0.1, 0.15) is 6.42 Å². The quantitative estimate of drug-likeness (QED) is 0.470. The Morgan fingerprint density at radius 2 is 1.83 bits per heavy atom. The number of carbonyl (C=O) groups excluding carboxylic acids is 1. The second kappa shape index (κ2) is 8.13. The molecule has 2 heterocycles. The summed E-state index contributed by atoms with van der Waals surface area (Å²) in [4.78, 5) is 27.4. The minimum Gasteiger partial charge on any atom is -0.362 e. The Kier molecular flexibility index (Phi) is 5.40. The normalized spacial score (nSPS) is 14.4. The molecule has 0 spiro atoms. The molecule has 29 heavy (non-hydrogen) atoms. The van der Waals surface area contributed by atoms with Crippen LogP contribution in [0.25, 0.3) is 10.9 Å². The zero-order chi connectivity index (χ0) is 20.4. The SMILES string of the molecule is O=C(CCn1ccc2ccccc21)N1CCN(c2ccc(Cl)cc2[N+](=O)[O-])CC1. The molecule has 1 aliphatic rings. The van der Waals surface area contributed by atoms with Gasteiger partial charge in [-0.2, -0.15) is 0 Å². The number of amides is 1. The first-order chi connectivity index (χ1) is 14.0. The molecule has 0 saturated carbocycles. The smallest absolute Gasteiger partial charge is 0.294 e. The van der Waals surface area contributed by atoms with Crippen LogP contribution in [0.3, 0.4) is 0 Å². The highest BCUT2D eigenvalue weighted by molar-refractivity contribution is 6.30. The number of nitro groups is 1. The number of fused-ring (bicyclic) bond motifs is 1. The van der Waals surface area contributed by atoms with Crippen molar-refractivity contribution in [2.24, 2.45) is 0 Å². The standard InChI is InChI=1S/C21H21ClN4O3/c22-17-5-6-19(20(15-17)26(28)29)24-11-13-25(14-12-24)21(27)8-10-23-9-7-16-3-1-2-4-18(16)23/h1-7,9,15H,8,10-14H2. The number of nitro benzene ring substituents is 1. The van der Waals surface area contributed by atoms with Gasteiger partial charge < -0.3 is 14.4 Å². The number of hydrogen-bond acceptors (Lipinski definition) is 4. The van der Waals surface area contributed by atoms with E-state index in [0.717, 1.165) is 10.9 Å². The lowest BCUT2D eigenvalue weighted by Crippen LogP contribution is -2.49. The number of piperazine rings is 1. The van der Waals surface area contributed by atoms with Crippen LogP contribution in [0.5, 0.6) is 0 Å². The van der Waals surface area contributed by atoms with Gasteiger partial charge in [0.15, 0.2) is 0 Å². The predicted octanol–water partition coefficient (Wildman–Crippen LogP) is 3.94. The minimum atomic E-state index is -0.417. The van der Waals surface area contributed by atoms with Crippen molar-refractivity contribution >= 4 is 39.8 Å². The first-order valence-corrected chi connectivity index (χ1v) is 9.91. The fourth-order valence-corrected chi connectivity index (χ4v) is 3.98. The third kappa shape index (κ3) is 4.05. The number of benzene rings is 2. The third-order valence-corrected chi connectivity index (χ3v) is 5.59. The van der Waals surface area contributed by atoms with Gasteiger partial charge in [-0.05, 0) is 29.7 Å². The zero-order valence-corrected chi connectivity index (χ0v) is 16.6. The number of hydrogen-bond donors (Lipinski definition) is 0. The van der Waals surface area contributed by atoms with Crippen molar-refractivity contribution in [3.8, 4) is 0 Å². The number of aryl methyl sites for hydroxylation is 1. The van der Waals surface area contributed by atoms with E-state index < -0.39 is 4.92 Å². The summed E-state index contributed by atoms with van der Waals surface area (Å²) in [5, 5.41) is 12.8. The fraction of sp³-hybridized carbons (Fsp3) is 0.286. The maximum absolute atomic E-state index is 12.7. The summed E-state index contributed by atoms with van der Waals surface area (Å²) >= 11 is 5.90. The predicted molar refractivity (Wildman–Crippen MR) is 113 cm³/mol. The Morgan fingerprint density at radius 3 is 2.59 bits per heavy atom. The molecule has 7 nitrogen and oxygen atoms in total. The van der Waals surface area contributed by atoms with Gasteiger partial charge in [0, 0.05) is 61.9 Å². The molecule has 4 rings (SSSR count). The molecule has 3 aromatic rings.